The van der Waals surface area contributed by atoms with Crippen LogP contribution in [0.1, 0.15) is 12.5 Å². The van der Waals surface area contributed by atoms with E-state index in [1.807, 2.05) is 0 Å². The van der Waals surface area contributed by atoms with Gasteiger partial charge in [-0.3, -0.25) is 14.5 Å². The number of imide groups is 1. The van der Waals surface area contributed by atoms with Crippen molar-refractivity contribution in [1.29, 1.82) is 0 Å². The largest absolute Gasteiger partial charge is 0.586 e. The molecule has 29 heavy (non-hydrogen) atoms. The number of carbonyl (C=O) groups is 3. The van der Waals surface area contributed by atoms with Crippen LogP contribution in [0.25, 0.3) is 0 Å². The topological polar surface area (TPSA) is 97.0 Å². The smallest absolute Gasteiger partial charge is 0.395 e. The van der Waals surface area contributed by atoms with Crippen LogP contribution in [0.2, 0.25) is 0 Å². The Bertz CT molecular complexity index is 1010. The summed E-state index contributed by atoms with van der Waals surface area (Å²) in [5.41, 5.74) is -0.561. The van der Waals surface area contributed by atoms with E-state index in [-0.39, 0.29) is 17.2 Å². The highest BCUT2D eigenvalue weighted by molar-refractivity contribution is 6.10. The quantitative estimate of drug-likeness (QED) is 0.765. The molecule has 2 aromatic rings. The van der Waals surface area contributed by atoms with Crippen molar-refractivity contribution in [3.63, 3.8) is 0 Å². The number of rotatable bonds is 4. The van der Waals surface area contributed by atoms with Crippen LogP contribution in [0.5, 0.6) is 11.5 Å². The summed E-state index contributed by atoms with van der Waals surface area (Å²) in [6, 6.07) is 11.6. The molecule has 8 nitrogen and oxygen atoms in total. The molecule has 4 rings (SSSR count). The monoisotopic (exact) mass is 403 g/mol. The minimum atomic E-state index is -3.77. The van der Waals surface area contributed by atoms with Crippen molar-refractivity contribution in [2.45, 2.75) is 18.8 Å². The number of nitrogens with one attached hydrogen (secondary N) is 2. The number of nitrogens with zero attached hydrogens (tertiary/aromatic N) is 1. The van der Waals surface area contributed by atoms with Crippen molar-refractivity contribution in [1.82, 2.24) is 10.2 Å². The van der Waals surface area contributed by atoms with E-state index in [9.17, 15) is 23.2 Å². The van der Waals surface area contributed by atoms with Gasteiger partial charge in [0.1, 0.15) is 12.1 Å². The SMILES string of the molecule is CC1(c2ccccc2)NC(=O)N(CC(=O)Nc2ccc3c(c2)OC(F)(F)O3)C1=O. The van der Waals surface area contributed by atoms with Crippen LogP contribution in [0.15, 0.2) is 48.5 Å². The third-order valence-electron chi connectivity index (χ3n) is 4.61. The lowest BCUT2D eigenvalue weighted by molar-refractivity contribution is -0.286. The van der Waals surface area contributed by atoms with E-state index >= 15 is 0 Å². The second kappa shape index (κ2) is 6.43. The summed E-state index contributed by atoms with van der Waals surface area (Å²) in [4.78, 5) is 38.2. The lowest BCUT2D eigenvalue weighted by Gasteiger charge is -2.22. The van der Waals surface area contributed by atoms with Gasteiger partial charge in [-0.05, 0) is 24.6 Å². The Balaban J connectivity index is 1.46. The van der Waals surface area contributed by atoms with Gasteiger partial charge in [0.25, 0.3) is 5.91 Å². The fourth-order valence-corrected chi connectivity index (χ4v) is 3.18. The Morgan fingerprint density at radius 2 is 1.79 bits per heavy atom. The molecule has 4 amide bonds. The Morgan fingerprint density at radius 3 is 2.52 bits per heavy atom. The van der Waals surface area contributed by atoms with Crippen LogP contribution in [0, 0.1) is 0 Å². The van der Waals surface area contributed by atoms with Crippen molar-refractivity contribution in [3.05, 3.63) is 54.1 Å². The normalized spacial score (nSPS) is 21.8. The van der Waals surface area contributed by atoms with Gasteiger partial charge in [-0.15, -0.1) is 8.78 Å². The van der Waals surface area contributed by atoms with Crippen molar-refractivity contribution >= 4 is 23.5 Å². The summed E-state index contributed by atoms with van der Waals surface area (Å²) < 4.78 is 34.8. The van der Waals surface area contributed by atoms with Crippen LogP contribution in [0.4, 0.5) is 19.3 Å². The number of hydrogen-bond donors (Lipinski definition) is 2. The highest BCUT2D eigenvalue weighted by Crippen LogP contribution is 2.42. The number of alkyl halides is 2. The van der Waals surface area contributed by atoms with E-state index in [4.69, 9.17) is 0 Å². The minimum Gasteiger partial charge on any atom is -0.395 e. The van der Waals surface area contributed by atoms with Crippen molar-refractivity contribution in [2.24, 2.45) is 0 Å². The van der Waals surface area contributed by atoms with Crippen LogP contribution in [-0.2, 0) is 15.1 Å². The van der Waals surface area contributed by atoms with Gasteiger partial charge in [-0.2, -0.15) is 0 Å². The molecule has 2 heterocycles. The van der Waals surface area contributed by atoms with Crippen LogP contribution >= 0.6 is 0 Å². The Hall–Kier alpha value is -3.69. The van der Waals surface area contributed by atoms with Gasteiger partial charge in [0.2, 0.25) is 5.91 Å². The summed E-state index contributed by atoms with van der Waals surface area (Å²) in [5.74, 6) is -1.66. The van der Waals surface area contributed by atoms with Crippen molar-refractivity contribution in [2.75, 3.05) is 11.9 Å². The first-order valence-corrected chi connectivity index (χ1v) is 8.57. The standard InChI is InChI=1S/C19H15F2N3O5/c1-18(11-5-3-2-4-6-11)16(26)24(17(27)23-18)10-15(25)22-12-7-8-13-14(9-12)29-19(20,21)28-13/h2-9H,10H2,1H3,(H,22,25)(H,23,27). The molecule has 2 aromatic carbocycles. The molecule has 0 aromatic heterocycles. The third kappa shape index (κ3) is 3.33. The van der Waals surface area contributed by atoms with Gasteiger partial charge in [0.15, 0.2) is 11.5 Å². The second-order valence-electron chi connectivity index (χ2n) is 6.69. The average Bonchev–Trinajstić information content (AvgIpc) is 3.09. The molecular formula is C19H15F2N3O5. The van der Waals surface area contributed by atoms with Crippen molar-refractivity contribution < 1.29 is 32.6 Å². The molecule has 1 fully saturated rings. The molecule has 150 valence electrons. The highest BCUT2D eigenvalue weighted by Gasteiger charge is 2.49. The van der Waals surface area contributed by atoms with Gasteiger partial charge in [-0.1, -0.05) is 30.3 Å². The maximum atomic E-state index is 13.1. The van der Waals surface area contributed by atoms with Gasteiger partial charge < -0.3 is 20.1 Å². The molecule has 1 atom stereocenters. The lowest BCUT2D eigenvalue weighted by atomic mass is 9.92. The van der Waals surface area contributed by atoms with E-state index in [0.29, 0.717) is 5.56 Å². The Morgan fingerprint density at radius 1 is 1.10 bits per heavy atom. The summed E-state index contributed by atoms with van der Waals surface area (Å²) in [7, 11) is 0. The first kappa shape index (κ1) is 18.7. The number of hydrogen-bond acceptors (Lipinski definition) is 5. The molecule has 0 spiro atoms. The molecule has 10 heteroatoms. The zero-order chi connectivity index (χ0) is 20.8. The molecule has 1 unspecified atom stereocenters. The summed E-state index contributed by atoms with van der Waals surface area (Å²) in [6.07, 6.45) is -3.77. The molecule has 2 aliphatic heterocycles. The molecule has 1 saturated heterocycles. The van der Waals surface area contributed by atoms with E-state index in [0.717, 1.165) is 11.0 Å². The molecular weight excluding hydrogens is 388 g/mol. The highest BCUT2D eigenvalue weighted by atomic mass is 19.3. The maximum Gasteiger partial charge on any atom is 0.586 e. The fourth-order valence-electron chi connectivity index (χ4n) is 3.18. The summed E-state index contributed by atoms with van der Waals surface area (Å²) in [5, 5.41) is 5.04. The van der Waals surface area contributed by atoms with Gasteiger partial charge >= 0.3 is 12.3 Å². The van der Waals surface area contributed by atoms with E-state index < -0.39 is 36.2 Å². The Labute approximate surface area is 163 Å². The maximum absolute atomic E-state index is 13.1. The number of fused-ring (bicyclic) bond motifs is 1. The van der Waals surface area contributed by atoms with Gasteiger partial charge in [0, 0.05) is 11.8 Å². The number of anilines is 1. The predicted octanol–water partition coefficient (Wildman–Crippen LogP) is 2.41. The molecule has 2 N–H and O–H groups in total. The van der Waals surface area contributed by atoms with E-state index in [1.54, 1.807) is 37.3 Å². The Kier molecular flexibility index (Phi) is 4.14. The summed E-state index contributed by atoms with van der Waals surface area (Å²) in [6.45, 7) is 1.01. The number of amides is 4. The molecule has 2 aliphatic rings. The second-order valence-corrected chi connectivity index (χ2v) is 6.69. The molecule has 0 bridgehead atoms. The average molecular weight is 403 g/mol. The first-order valence-electron chi connectivity index (χ1n) is 8.57. The molecule has 0 saturated carbocycles. The van der Waals surface area contributed by atoms with Crippen LogP contribution in [-0.4, -0.2) is 35.6 Å². The van der Waals surface area contributed by atoms with E-state index in [1.165, 1.54) is 12.1 Å². The lowest BCUT2D eigenvalue weighted by Crippen LogP contribution is -2.42. The number of halogens is 2. The minimum absolute atomic E-state index is 0.146. The number of urea groups is 1. The first-order chi connectivity index (χ1) is 13.7. The number of ether oxygens (including phenoxy) is 2. The zero-order valence-electron chi connectivity index (χ0n) is 15.1. The third-order valence-corrected chi connectivity index (χ3v) is 4.61. The number of carbonyl (C=O) groups excluding carboxylic acids is 3. The molecule has 0 radical (unpaired) electrons. The summed E-state index contributed by atoms with van der Waals surface area (Å²) >= 11 is 0. The van der Waals surface area contributed by atoms with E-state index in [2.05, 4.69) is 20.1 Å². The fraction of sp³-hybridized carbons (Fsp3) is 0.211. The van der Waals surface area contributed by atoms with Crippen LogP contribution < -0.4 is 20.1 Å². The van der Waals surface area contributed by atoms with Crippen LogP contribution in [0.3, 0.4) is 0 Å². The van der Waals surface area contributed by atoms with Crippen molar-refractivity contribution in [3.8, 4) is 11.5 Å². The molecule has 0 aliphatic carbocycles. The number of benzene rings is 2. The van der Waals surface area contributed by atoms with Gasteiger partial charge in [0.05, 0.1) is 0 Å². The predicted molar refractivity (Wildman–Crippen MR) is 95.3 cm³/mol. The van der Waals surface area contributed by atoms with Gasteiger partial charge in [-0.25, -0.2) is 4.79 Å². The zero-order valence-corrected chi connectivity index (χ0v) is 15.1.